The van der Waals surface area contributed by atoms with Crippen LogP contribution in [0.25, 0.3) is 0 Å². The van der Waals surface area contributed by atoms with Gasteiger partial charge in [-0.25, -0.2) is 13.1 Å². The van der Waals surface area contributed by atoms with Gasteiger partial charge >= 0.3 is 0 Å². The third-order valence-electron chi connectivity index (χ3n) is 4.84. The van der Waals surface area contributed by atoms with Crippen LogP contribution in [0.5, 0.6) is 5.75 Å². The monoisotopic (exact) mass is 476 g/mol. The first kappa shape index (κ1) is 22.3. The molecule has 9 nitrogen and oxygen atoms in total. The highest BCUT2D eigenvalue weighted by molar-refractivity contribution is 7.89. The number of nitrogens with zero attached hydrogens (tertiary/aromatic N) is 3. The Bertz CT molecular complexity index is 1170. The van der Waals surface area contributed by atoms with E-state index >= 15 is 0 Å². The molecule has 2 heterocycles. The van der Waals surface area contributed by atoms with E-state index in [1.165, 1.54) is 27.3 Å². The van der Waals surface area contributed by atoms with Crippen LogP contribution in [0, 0.1) is 0 Å². The van der Waals surface area contributed by atoms with Crippen molar-refractivity contribution in [2.75, 3.05) is 31.6 Å². The molecule has 0 bridgehead atoms. The van der Waals surface area contributed by atoms with E-state index in [0.717, 1.165) is 0 Å². The number of amides is 1. The van der Waals surface area contributed by atoms with E-state index in [-0.39, 0.29) is 11.6 Å². The highest BCUT2D eigenvalue weighted by Gasteiger charge is 2.26. The first-order valence-corrected chi connectivity index (χ1v) is 11.6. The molecule has 1 saturated heterocycles. The molecule has 0 aliphatic carbocycles. The summed E-state index contributed by atoms with van der Waals surface area (Å²) in [5, 5.41) is 7.46. The van der Waals surface area contributed by atoms with Crippen LogP contribution in [0.15, 0.2) is 65.7 Å². The molecule has 1 aliphatic rings. The predicted molar refractivity (Wildman–Crippen MR) is 118 cm³/mol. The molecule has 32 heavy (non-hydrogen) atoms. The van der Waals surface area contributed by atoms with Gasteiger partial charge in [-0.15, -0.1) is 0 Å². The largest absolute Gasteiger partial charge is 0.471 e. The van der Waals surface area contributed by atoms with Crippen LogP contribution in [-0.4, -0.2) is 54.7 Å². The molecule has 1 fully saturated rings. The van der Waals surface area contributed by atoms with Gasteiger partial charge in [-0.05, 0) is 54.6 Å². The number of carbonyl (C=O) groups is 1. The minimum absolute atomic E-state index is 0.0358. The van der Waals surface area contributed by atoms with Gasteiger partial charge in [-0.3, -0.25) is 4.79 Å². The molecule has 168 valence electrons. The minimum atomic E-state index is -3.59. The zero-order valence-electron chi connectivity index (χ0n) is 17.0. The number of benzene rings is 2. The molecule has 1 aliphatic heterocycles. The van der Waals surface area contributed by atoms with Crippen LogP contribution >= 0.6 is 11.6 Å². The zero-order chi connectivity index (χ0) is 22.6. The molecule has 11 heteroatoms. The molecular weight excluding hydrogens is 456 g/mol. The lowest BCUT2D eigenvalue weighted by molar-refractivity contribution is 0.0730. The Morgan fingerprint density at radius 2 is 1.75 bits per heavy atom. The summed E-state index contributed by atoms with van der Waals surface area (Å²) in [6, 6.07) is 14.5. The van der Waals surface area contributed by atoms with Crippen molar-refractivity contribution in [3.05, 3.63) is 71.5 Å². The summed E-state index contributed by atoms with van der Waals surface area (Å²) in [7, 11) is -3.59. The molecule has 2 aromatic carbocycles. The summed E-state index contributed by atoms with van der Waals surface area (Å²) in [6.45, 7) is 1.44. The number of carbonyl (C=O) groups excluding carboxylic acids is 1. The predicted octanol–water partition coefficient (Wildman–Crippen LogP) is 2.85. The second-order valence-electron chi connectivity index (χ2n) is 6.94. The third-order valence-corrected chi connectivity index (χ3v) is 7.00. The van der Waals surface area contributed by atoms with Gasteiger partial charge in [-0.1, -0.05) is 11.6 Å². The Kier molecular flexibility index (Phi) is 6.75. The van der Waals surface area contributed by atoms with Crippen LogP contribution in [0.1, 0.15) is 10.5 Å². The molecular formula is C21H21ClN4O5S. The maximum Gasteiger partial charge on any atom is 0.274 e. The molecule has 0 saturated carbocycles. The fourth-order valence-corrected chi connectivity index (χ4v) is 4.67. The molecule has 1 aromatic heterocycles. The van der Waals surface area contributed by atoms with E-state index in [1.54, 1.807) is 42.5 Å². The number of morpholine rings is 1. The number of rotatable bonds is 7. The fraction of sp³-hybridized carbons (Fsp3) is 0.238. The summed E-state index contributed by atoms with van der Waals surface area (Å²) in [6.07, 6.45) is 1.50. The molecule has 0 radical (unpaired) electrons. The zero-order valence-corrected chi connectivity index (χ0v) is 18.6. The molecule has 0 spiro atoms. The van der Waals surface area contributed by atoms with Gasteiger partial charge in [0.15, 0.2) is 6.73 Å². The van der Waals surface area contributed by atoms with Crippen molar-refractivity contribution in [1.29, 1.82) is 0 Å². The van der Waals surface area contributed by atoms with Crippen LogP contribution < -0.4 is 10.1 Å². The topological polar surface area (TPSA) is 103 Å². The lowest BCUT2D eigenvalue weighted by atomic mass is 10.3. The average Bonchev–Trinajstić information content (AvgIpc) is 3.28. The van der Waals surface area contributed by atoms with E-state index in [1.807, 2.05) is 0 Å². The van der Waals surface area contributed by atoms with Crippen molar-refractivity contribution in [3.63, 3.8) is 0 Å². The van der Waals surface area contributed by atoms with Crippen LogP contribution in [0.4, 0.5) is 5.69 Å². The van der Waals surface area contributed by atoms with Crippen LogP contribution in [-0.2, 0) is 21.5 Å². The summed E-state index contributed by atoms with van der Waals surface area (Å²) in [4.78, 5) is 12.9. The number of anilines is 1. The van der Waals surface area contributed by atoms with Crippen molar-refractivity contribution in [2.45, 2.75) is 11.6 Å². The standard InChI is InChI=1S/C21H21ClN4O5S/c22-16-1-5-18(6-2-16)31-15-26-20(9-10-23-26)21(27)24-17-3-7-19(8-4-17)32(28,29)25-11-13-30-14-12-25/h1-10H,11-15H2,(H,24,27). The fourth-order valence-electron chi connectivity index (χ4n) is 3.14. The molecule has 3 aromatic rings. The Labute approximate surface area is 190 Å². The lowest BCUT2D eigenvalue weighted by Crippen LogP contribution is -2.40. The SMILES string of the molecule is O=C(Nc1ccc(S(=O)(=O)N2CCOCC2)cc1)c1ccnn1COc1ccc(Cl)cc1. The van der Waals surface area contributed by atoms with Crippen LogP contribution in [0.2, 0.25) is 5.02 Å². The Morgan fingerprint density at radius 1 is 1.06 bits per heavy atom. The van der Waals surface area contributed by atoms with E-state index in [4.69, 9.17) is 21.1 Å². The third kappa shape index (κ3) is 5.10. The Balaban J connectivity index is 1.40. The Morgan fingerprint density at radius 3 is 2.44 bits per heavy atom. The van der Waals surface area contributed by atoms with E-state index < -0.39 is 15.9 Å². The molecule has 0 unspecified atom stereocenters. The number of halogens is 1. The van der Waals surface area contributed by atoms with Gasteiger partial charge in [0.05, 0.1) is 18.1 Å². The van der Waals surface area contributed by atoms with E-state index in [0.29, 0.717) is 48.5 Å². The minimum Gasteiger partial charge on any atom is -0.471 e. The smallest absolute Gasteiger partial charge is 0.274 e. The average molecular weight is 477 g/mol. The number of nitrogens with one attached hydrogen (secondary N) is 1. The highest BCUT2D eigenvalue weighted by atomic mass is 35.5. The first-order valence-electron chi connectivity index (χ1n) is 9.83. The lowest BCUT2D eigenvalue weighted by Gasteiger charge is -2.26. The summed E-state index contributed by atoms with van der Waals surface area (Å²) in [5.74, 6) is 0.194. The van der Waals surface area contributed by atoms with Crippen LogP contribution in [0.3, 0.4) is 0 Å². The number of hydrogen-bond donors (Lipinski definition) is 1. The van der Waals surface area contributed by atoms with Gasteiger partial charge in [0.1, 0.15) is 11.4 Å². The Hall–Kier alpha value is -2.92. The van der Waals surface area contributed by atoms with E-state index in [2.05, 4.69) is 10.4 Å². The van der Waals surface area contributed by atoms with Gasteiger partial charge in [0.2, 0.25) is 10.0 Å². The summed E-state index contributed by atoms with van der Waals surface area (Å²) in [5.41, 5.74) is 0.756. The molecule has 0 atom stereocenters. The normalized spacial score (nSPS) is 14.8. The highest BCUT2D eigenvalue weighted by Crippen LogP contribution is 2.20. The first-order chi connectivity index (χ1) is 15.4. The number of ether oxygens (including phenoxy) is 2. The maximum absolute atomic E-state index is 12.7. The summed E-state index contributed by atoms with van der Waals surface area (Å²) < 4.78 is 39.1. The van der Waals surface area contributed by atoms with Gasteiger partial charge in [0.25, 0.3) is 5.91 Å². The maximum atomic E-state index is 12.7. The second-order valence-corrected chi connectivity index (χ2v) is 9.31. The number of sulfonamides is 1. The molecule has 1 N–H and O–H groups in total. The van der Waals surface area contributed by atoms with Crippen molar-refractivity contribution >= 4 is 33.2 Å². The van der Waals surface area contributed by atoms with Crippen molar-refractivity contribution < 1.29 is 22.7 Å². The van der Waals surface area contributed by atoms with Gasteiger partial charge in [-0.2, -0.15) is 9.40 Å². The molecule has 1 amide bonds. The van der Waals surface area contributed by atoms with E-state index in [9.17, 15) is 13.2 Å². The van der Waals surface area contributed by atoms with Gasteiger partial charge in [0, 0.05) is 30.0 Å². The second kappa shape index (κ2) is 9.70. The summed E-state index contributed by atoms with van der Waals surface area (Å²) >= 11 is 5.86. The quantitative estimate of drug-likeness (QED) is 0.562. The molecule has 4 rings (SSSR count). The van der Waals surface area contributed by atoms with Crippen molar-refractivity contribution in [2.24, 2.45) is 0 Å². The van der Waals surface area contributed by atoms with Crippen molar-refractivity contribution in [1.82, 2.24) is 14.1 Å². The number of aromatic nitrogens is 2. The van der Waals surface area contributed by atoms with Crippen molar-refractivity contribution in [3.8, 4) is 5.75 Å². The van der Waals surface area contributed by atoms with Gasteiger partial charge < -0.3 is 14.8 Å². The number of hydrogen-bond acceptors (Lipinski definition) is 6.